The largest absolute Gasteiger partial charge is 0.872 e. The Bertz CT molecular complexity index is 412. The first-order chi connectivity index (χ1) is 7.08. The van der Waals surface area contributed by atoms with Gasteiger partial charge in [-0.15, -0.1) is 5.75 Å². The molecular weight excluding hydrogens is 198 g/mol. The van der Waals surface area contributed by atoms with Crippen molar-refractivity contribution in [2.24, 2.45) is 0 Å². The van der Waals surface area contributed by atoms with Gasteiger partial charge in [0, 0.05) is 17.8 Å². The first-order valence-electron chi connectivity index (χ1n) is 4.07. The highest BCUT2D eigenvalue weighted by Crippen LogP contribution is 2.12. The summed E-state index contributed by atoms with van der Waals surface area (Å²) in [5.74, 6) is -2.03. The molecule has 5 nitrogen and oxygen atoms in total. The van der Waals surface area contributed by atoms with Crippen LogP contribution < -0.4 is 10.4 Å². The van der Waals surface area contributed by atoms with Crippen molar-refractivity contribution in [2.75, 3.05) is 5.32 Å². The van der Waals surface area contributed by atoms with Gasteiger partial charge in [0.15, 0.2) is 0 Å². The average Bonchev–Trinajstić information content (AvgIpc) is 2.15. The highest BCUT2D eigenvalue weighted by atomic mass is 16.4. The van der Waals surface area contributed by atoms with Gasteiger partial charge < -0.3 is 15.5 Å². The van der Waals surface area contributed by atoms with E-state index in [1.54, 1.807) is 0 Å². The van der Waals surface area contributed by atoms with E-state index < -0.39 is 11.9 Å². The maximum Gasteiger partial charge on any atom is 0.328 e. The monoisotopic (exact) mass is 206 g/mol. The summed E-state index contributed by atoms with van der Waals surface area (Å²) in [6.07, 6.45) is 1.59. The normalized spacial score (nSPS) is 10.1. The smallest absolute Gasteiger partial charge is 0.328 e. The first-order valence-corrected chi connectivity index (χ1v) is 4.07. The van der Waals surface area contributed by atoms with Crippen LogP contribution in [-0.2, 0) is 9.59 Å². The van der Waals surface area contributed by atoms with Crippen molar-refractivity contribution in [3.63, 3.8) is 0 Å². The van der Waals surface area contributed by atoms with Crippen molar-refractivity contribution in [1.82, 2.24) is 0 Å². The minimum Gasteiger partial charge on any atom is -0.872 e. The van der Waals surface area contributed by atoms with Crippen molar-refractivity contribution in [1.29, 1.82) is 0 Å². The first kappa shape index (κ1) is 10.8. The van der Waals surface area contributed by atoms with Crippen LogP contribution in [0.15, 0.2) is 36.4 Å². The standard InChI is InChI=1S/C10H9NO4/c12-8-3-1-2-7(6-8)11-9(13)4-5-10(14)15/h1-6,12H,(H,11,13)(H,14,15)/p-1/b5-4+. The van der Waals surface area contributed by atoms with Crippen LogP contribution in [-0.4, -0.2) is 17.0 Å². The second kappa shape index (κ2) is 4.80. The van der Waals surface area contributed by atoms with Gasteiger partial charge in [-0.05, 0) is 12.1 Å². The number of carboxylic acids is 1. The Kier molecular flexibility index (Phi) is 3.45. The molecule has 1 aromatic rings. The minimum absolute atomic E-state index is 0.227. The third-order valence-electron chi connectivity index (χ3n) is 1.48. The molecule has 0 fully saturated rings. The van der Waals surface area contributed by atoms with Crippen LogP contribution >= 0.6 is 0 Å². The number of hydrogen-bond donors (Lipinski definition) is 2. The topological polar surface area (TPSA) is 89.5 Å². The molecule has 5 heteroatoms. The van der Waals surface area contributed by atoms with E-state index >= 15 is 0 Å². The van der Waals surface area contributed by atoms with Gasteiger partial charge in [0.25, 0.3) is 0 Å². The summed E-state index contributed by atoms with van der Waals surface area (Å²) >= 11 is 0. The van der Waals surface area contributed by atoms with Crippen LogP contribution in [0.1, 0.15) is 0 Å². The second-order valence-corrected chi connectivity index (χ2v) is 2.69. The van der Waals surface area contributed by atoms with Crippen LogP contribution in [0.3, 0.4) is 0 Å². The molecule has 1 amide bonds. The Morgan fingerprint density at radius 1 is 1.33 bits per heavy atom. The Balaban J connectivity index is 2.63. The second-order valence-electron chi connectivity index (χ2n) is 2.69. The summed E-state index contributed by atoms with van der Waals surface area (Å²) in [6.45, 7) is 0. The number of nitrogens with one attached hydrogen (secondary N) is 1. The number of anilines is 1. The van der Waals surface area contributed by atoms with Crippen LogP contribution in [0.4, 0.5) is 5.69 Å². The van der Waals surface area contributed by atoms with Crippen LogP contribution in [0.5, 0.6) is 5.75 Å². The lowest BCUT2D eigenvalue weighted by Crippen LogP contribution is -2.08. The number of carboxylic acid groups (broad SMARTS) is 1. The maximum atomic E-state index is 11.1. The van der Waals surface area contributed by atoms with Gasteiger partial charge in [0.2, 0.25) is 5.91 Å². The molecule has 2 N–H and O–H groups in total. The number of carbonyl (C=O) groups excluding carboxylic acids is 1. The van der Waals surface area contributed by atoms with Gasteiger partial charge in [0.05, 0.1) is 0 Å². The zero-order valence-corrected chi connectivity index (χ0v) is 7.64. The average molecular weight is 206 g/mol. The van der Waals surface area contributed by atoms with E-state index in [4.69, 9.17) is 5.11 Å². The highest BCUT2D eigenvalue weighted by Gasteiger charge is 1.97. The maximum absolute atomic E-state index is 11.1. The van der Waals surface area contributed by atoms with Crippen LogP contribution in [0, 0.1) is 0 Å². The molecular formula is C10H8NO4-. The molecule has 0 unspecified atom stereocenters. The van der Waals surface area contributed by atoms with E-state index in [1.807, 2.05) is 0 Å². The highest BCUT2D eigenvalue weighted by molar-refractivity contribution is 6.02. The fourth-order valence-corrected chi connectivity index (χ4v) is 0.905. The lowest BCUT2D eigenvalue weighted by Gasteiger charge is -2.07. The van der Waals surface area contributed by atoms with Crippen molar-refractivity contribution in [3.8, 4) is 5.75 Å². The molecule has 0 radical (unpaired) electrons. The predicted molar refractivity (Wildman–Crippen MR) is 51.3 cm³/mol. The number of benzene rings is 1. The fourth-order valence-electron chi connectivity index (χ4n) is 0.905. The summed E-state index contributed by atoms with van der Waals surface area (Å²) < 4.78 is 0. The number of carbonyl (C=O) groups is 2. The third-order valence-corrected chi connectivity index (χ3v) is 1.48. The number of hydrogen-bond acceptors (Lipinski definition) is 3. The lowest BCUT2D eigenvalue weighted by atomic mass is 10.3. The molecule has 0 bridgehead atoms. The Hall–Kier alpha value is -2.30. The SMILES string of the molecule is O=C(O)/C=C/C(=O)Nc1cccc([O-])c1. The third kappa shape index (κ3) is 3.95. The molecule has 1 rings (SSSR count). The molecule has 0 atom stereocenters. The molecule has 0 saturated carbocycles. The molecule has 1 aromatic carbocycles. The number of rotatable bonds is 3. The summed E-state index contributed by atoms with van der Waals surface area (Å²) in [4.78, 5) is 21.2. The zero-order valence-electron chi connectivity index (χ0n) is 7.64. The van der Waals surface area contributed by atoms with Gasteiger partial charge in [0.1, 0.15) is 0 Å². The molecule has 15 heavy (non-hydrogen) atoms. The van der Waals surface area contributed by atoms with Gasteiger partial charge in [-0.1, -0.05) is 12.1 Å². The Morgan fingerprint density at radius 3 is 2.67 bits per heavy atom. The minimum atomic E-state index is -1.21. The van der Waals surface area contributed by atoms with Crippen molar-refractivity contribution < 1.29 is 19.8 Å². The Labute approximate surface area is 85.7 Å². The van der Waals surface area contributed by atoms with Gasteiger partial charge in [-0.25, -0.2) is 4.79 Å². The van der Waals surface area contributed by atoms with Crippen molar-refractivity contribution in [3.05, 3.63) is 36.4 Å². The van der Waals surface area contributed by atoms with E-state index in [0.717, 1.165) is 12.2 Å². The van der Waals surface area contributed by atoms with Gasteiger partial charge in [-0.2, -0.15) is 0 Å². The molecule has 0 spiro atoms. The van der Waals surface area contributed by atoms with Crippen LogP contribution in [0.2, 0.25) is 0 Å². The molecule has 0 aliphatic heterocycles. The van der Waals surface area contributed by atoms with E-state index in [2.05, 4.69) is 5.32 Å². The fraction of sp³-hybridized carbons (Fsp3) is 0. The molecule has 0 heterocycles. The van der Waals surface area contributed by atoms with Gasteiger partial charge in [-0.3, -0.25) is 4.79 Å². The van der Waals surface area contributed by atoms with E-state index in [1.165, 1.54) is 24.3 Å². The predicted octanol–water partition coefficient (Wildman–Crippen LogP) is 0.339. The van der Waals surface area contributed by atoms with Crippen molar-refractivity contribution >= 4 is 17.6 Å². The quantitative estimate of drug-likeness (QED) is 0.698. The molecule has 0 aromatic heterocycles. The molecule has 78 valence electrons. The molecule has 0 saturated heterocycles. The van der Waals surface area contributed by atoms with Gasteiger partial charge >= 0.3 is 5.97 Å². The number of amides is 1. The summed E-state index contributed by atoms with van der Waals surface area (Å²) in [7, 11) is 0. The van der Waals surface area contributed by atoms with Crippen LogP contribution in [0.25, 0.3) is 0 Å². The Morgan fingerprint density at radius 2 is 2.07 bits per heavy atom. The zero-order chi connectivity index (χ0) is 11.3. The lowest BCUT2D eigenvalue weighted by molar-refractivity contribution is -0.268. The van der Waals surface area contributed by atoms with E-state index in [9.17, 15) is 14.7 Å². The number of aliphatic carboxylic acids is 1. The molecule has 0 aliphatic carbocycles. The van der Waals surface area contributed by atoms with E-state index in [-0.39, 0.29) is 5.75 Å². The summed E-state index contributed by atoms with van der Waals surface area (Å²) in [5.41, 5.74) is 0.336. The summed E-state index contributed by atoms with van der Waals surface area (Å²) in [6, 6.07) is 5.63. The van der Waals surface area contributed by atoms with Crippen molar-refractivity contribution in [2.45, 2.75) is 0 Å². The summed E-state index contributed by atoms with van der Waals surface area (Å²) in [5, 5.41) is 21.5. The van der Waals surface area contributed by atoms with E-state index in [0.29, 0.717) is 5.69 Å². The molecule has 0 aliphatic rings.